The number of rotatable bonds is 3. The molecule has 0 aliphatic rings. The van der Waals surface area contributed by atoms with Gasteiger partial charge in [-0.15, -0.1) is 0 Å². The molecule has 2 aromatic rings. The number of carbonyl (C=O) groups is 1. The second-order valence-corrected chi connectivity index (χ2v) is 3.13. The number of carbonyl (C=O) groups excluding carboxylic acids is 1. The number of aldehydes is 1. The van der Waals surface area contributed by atoms with Crippen LogP contribution in [0.4, 0.5) is 0 Å². The maximum Gasteiger partial charge on any atom is 0.419 e. The van der Waals surface area contributed by atoms with Crippen LogP contribution in [0.1, 0.15) is 16.1 Å². The zero-order valence-corrected chi connectivity index (χ0v) is 7.92. The molecule has 0 spiro atoms. The van der Waals surface area contributed by atoms with Crippen LogP contribution in [0.15, 0.2) is 45.7 Å². The van der Waals surface area contributed by atoms with Crippen molar-refractivity contribution >= 4 is 6.29 Å². The molecule has 0 N–H and O–H groups in total. The number of hydrogen-bond donors (Lipinski definition) is 0. The van der Waals surface area contributed by atoms with Crippen LogP contribution in [0, 0.1) is 0 Å². The van der Waals surface area contributed by atoms with Gasteiger partial charge in [0.25, 0.3) is 0 Å². The third-order valence-electron chi connectivity index (χ3n) is 2.03. The maximum absolute atomic E-state index is 11.2. The molecule has 0 saturated carbocycles. The average molecular weight is 203 g/mol. The minimum Gasteiger partial charge on any atom is -0.405 e. The van der Waals surface area contributed by atoms with Crippen molar-refractivity contribution in [2.75, 3.05) is 0 Å². The third kappa shape index (κ3) is 2.04. The van der Waals surface area contributed by atoms with Gasteiger partial charge in [-0.1, -0.05) is 30.3 Å². The Morgan fingerprint density at radius 2 is 2.00 bits per heavy atom. The molecule has 0 atom stereocenters. The molecule has 0 radical (unpaired) electrons. The second kappa shape index (κ2) is 3.96. The fourth-order valence-corrected chi connectivity index (χ4v) is 1.34. The summed E-state index contributed by atoms with van der Waals surface area (Å²) >= 11 is 0. The lowest BCUT2D eigenvalue weighted by atomic mass is 10.2. The van der Waals surface area contributed by atoms with Crippen molar-refractivity contribution in [1.29, 1.82) is 0 Å². The van der Waals surface area contributed by atoms with E-state index < -0.39 is 5.76 Å². The van der Waals surface area contributed by atoms with Gasteiger partial charge in [0.15, 0.2) is 12.0 Å². The van der Waals surface area contributed by atoms with Crippen LogP contribution in [0.3, 0.4) is 0 Å². The van der Waals surface area contributed by atoms with Crippen LogP contribution in [-0.2, 0) is 6.54 Å². The van der Waals surface area contributed by atoms with Crippen LogP contribution in [0.2, 0.25) is 0 Å². The minimum absolute atomic E-state index is 0.0518. The van der Waals surface area contributed by atoms with E-state index in [0.717, 1.165) is 5.56 Å². The van der Waals surface area contributed by atoms with Gasteiger partial charge in [-0.25, -0.2) is 4.79 Å². The lowest BCUT2D eigenvalue weighted by molar-refractivity contribution is 0.109. The number of nitrogens with zero attached hydrogens (tertiary/aromatic N) is 1. The van der Waals surface area contributed by atoms with E-state index in [1.165, 1.54) is 10.8 Å². The Morgan fingerprint density at radius 3 is 2.60 bits per heavy atom. The van der Waals surface area contributed by atoms with Crippen LogP contribution < -0.4 is 5.76 Å². The van der Waals surface area contributed by atoms with E-state index in [2.05, 4.69) is 4.42 Å². The minimum atomic E-state index is -0.513. The molecule has 0 aliphatic heterocycles. The molecule has 76 valence electrons. The highest BCUT2D eigenvalue weighted by molar-refractivity contribution is 5.69. The molecular formula is C11H9NO3. The van der Waals surface area contributed by atoms with Crippen molar-refractivity contribution in [2.24, 2.45) is 0 Å². The summed E-state index contributed by atoms with van der Waals surface area (Å²) in [6.45, 7) is 0.414. The zero-order chi connectivity index (χ0) is 10.7. The summed E-state index contributed by atoms with van der Waals surface area (Å²) in [7, 11) is 0. The van der Waals surface area contributed by atoms with Crippen molar-refractivity contribution in [2.45, 2.75) is 6.54 Å². The topological polar surface area (TPSA) is 52.2 Å². The number of oxazole rings is 1. The summed E-state index contributed by atoms with van der Waals surface area (Å²) in [5.41, 5.74) is 0.984. The quantitative estimate of drug-likeness (QED) is 0.706. The standard InChI is InChI=1S/C11H9NO3/c13-8-10-7-12(11(14)15-10)6-9-4-2-1-3-5-9/h1-5,7-8H,6H2. The van der Waals surface area contributed by atoms with E-state index >= 15 is 0 Å². The third-order valence-corrected chi connectivity index (χ3v) is 2.03. The summed E-state index contributed by atoms with van der Waals surface area (Å²) in [6.07, 6.45) is 1.92. The summed E-state index contributed by atoms with van der Waals surface area (Å²) < 4.78 is 6.04. The molecule has 15 heavy (non-hydrogen) atoms. The summed E-state index contributed by atoms with van der Waals surface area (Å²) in [5.74, 6) is -0.461. The van der Waals surface area contributed by atoms with Gasteiger partial charge in [-0.05, 0) is 5.56 Å². The fourth-order valence-electron chi connectivity index (χ4n) is 1.34. The Labute approximate surface area is 85.8 Å². The first kappa shape index (κ1) is 9.45. The molecule has 0 bridgehead atoms. The molecule has 1 aromatic carbocycles. The van der Waals surface area contributed by atoms with Gasteiger partial charge in [-0.3, -0.25) is 9.36 Å². The van der Waals surface area contributed by atoms with E-state index in [1.54, 1.807) is 0 Å². The van der Waals surface area contributed by atoms with E-state index in [9.17, 15) is 9.59 Å². The Morgan fingerprint density at radius 1 is 1.27 bits per heavy atom. The predicted octanol–water partition coefficient (Wildman–Crippen LogP) is 1.30. The van der Waals surface area contributed by atoms with E-state index in [1.807, 2.05) is 30.3 Å². The molecule has 2 rings (SSSR count). The molecular weight excluding hydrogens is 194 g/mol. The summed E-state index contributed by atoms with van der Waals surface area (Å²) in [6, 6.07) is 9.49. The smallest absolute Gasteiger partial charge is 0.405 e. The van der Waals surface area contributed by atoms with Crippen molar-refractivity contribution in [3.63, 3.8) is 0 Å². The van der Waals surface area contributed by atoms with Crippen LogP contribution in [0.25, 0.3) is 0 Å². The van der Waals surface area contributed by atoms with E-state index in [-0.39, 0.29) is 5.76 Å². The maximum atomic E-state index is 11.2. The van der Waals surface area contributed by atoms with Crippen molar-refractivity contribution in [1.82, 2.24) is 4.57 Å². The Bertz CT molecular complexity index is 510. The van der Waals surface area contributed by atoms with Gasteiger partial charge in [0.05, 0.1) is 12.7 Å². The second-order valence-electron chi connectivity index (χ2n) is 3.13. The number of hydrogen-bond acceptors (Lipinski definition) is 3. The number of benzene rings is 1. The first-order valence-corrected chi connectivity index (χ1v) is 4.49. The van der Waals surface area contributed by atoms with Crippen LogP contribution >= 0.6 is 0 Å². The SMILES string of the molecule is O=Cc1cn(Cc2ccccc2)c(=O)o1. The molecule has 1 heterocycles. The van der Waals surface area contributed by atoms with Gasteiger partial charge in [-0.2, -0.15) is 0 Å². The van der Waals surface area contributed by atoms with E-state index in [0.29, 0.717) is 12.8 Å². The normalized spacial score (nSPS) is 10.1. The number of aromatic nitrogens is 1. The van der Waals surface area contributed by atoms with Gasteiger partial charge in [0, 0.05) is 0 Å². The van der Waals surface area contributed by atoms with Crippen molar-refractivity contribution in [3.8, 4) is 0 Å². The lowest BCUT2D eigenvalue weighted by Gasteiger charge is -1.98. The molecule has 0 saturated heterocycles. The summed E-state index contributed by atoms with van der Waals surface area (Å²) in [4.78, 5) is 21.6. The highest BCUT2D eigenvalue weighted by Crippen LogP contribution is 2.01. The van der Waals surface area contributed by atoms with Crippen LogP contribution in [0.5, 0.6) is 0 Å². The largest absolute Gasteiger partial charge is 0.419 e. The highest BCUT2D eigenvalue weighted by Gasteiger charge is 2.04. The van der Waals surface area contributed by atoms with Gasteiger partial charge >= 0.3 is 5.76 Å². The first-order valence-electron chi connectivity index (χ1n) is 4.49. The Kier molecular flexibility index (Phi) is 2.49. The van der Waals surface area contributed by atoms with Gasteiger partial charge < -0.3 is 4.42 Å². The molecule has 4 nitrogen and oxygen atoms in total. The molecule has 0 amide bonds. The molecule has 4 heteroatoms. The van der Waals surface area contributed by atoms with Crippen molar-refractivity contribution < 1.29 is 9.21 Å². The van der Waals surface area contributed by atoms with Gasteiger partial charge in [0.2, 0.25) is 0 Å². The first-order chi connectivity index (χ1) is 7.29. The highest BCUT2D eigenvalue weighted by atomic mass is 16.4. The Hall–Kier alpha value is -2.10. The Balaban J connectivity index is 2.28. The molecule has 0 fully saturated rings. The molecule has 1 aromatic heterocycles. The van der Waals surface area contributed by atoms with Gasteiger partial charge in [0.1, 0.15) is 0 Å². The van der Waals surface area contributed by atoms with Crippen molar-refractivity contribution in [3.05, 3.63) is 58.4 Å². The predicted molar refractivity (Wildman–Crippen MR) is 53.9 cm³/mol. The monoisotopic (exact) mass is 203 g/mol. The average Bonchev–Trinajstić information content (AvgIpc) is 2.61. The summed E-state index contributed by atoms with van der Waals surface area (Å²) in [5, 5.41) is 0. The van der Waals surface area contributed by atoms with E-state index in [4.69, 9.17) is 0 Å². The lowest BCUT2D eigenvalue weighted by Crippen LogP contribution is -2.13. The molecule has 0 aliphatic carbocycles. The van der Waals surface area contributed by atoms with Crippen LogP contribution in [-0.4, -0.2) is 10.9 Å². The fraction of sp³-hybridized carbons (Fsp3) is 0.0909. The zero-order valence-electron chi connectivity index (χ0n) is 7.92. The molecule has 0 unspecified atom stereocenters.